The highest BCUT2D eigenvalue weighted by Crippen LogP contribution is 2.31. The average molecular weight is 375 g/mol. The number of carbonyl (C=O) groups is 2. The van der Waals surface area contributed by atoms with Gasteiger partial charge in [0.15, 0.2) is 0 Å². The maximum atomic E-state index is 12.6. The maximum absolute atomic E-state index is 12.6. The minimum atomic E-state index is -0.410. The molecule has 0 saturated carbocycles. The third-order valence-electron chi connectivity index (χ3n) is 4.00. The molecule has 0 aromatic heterocycles. The summed E-state index contributed by atoms with van der Waals surface area (Å²) in [5.74, 6) is 0.0630. The van der Waals surface area contributed by atoms with Gasteiger partial charge >= 0.3 is 0 Å². The van der Waals surface area contributed by atoms with Crippen molar-refractivity contribution in [3.05, 3.63) is 58.1 Å². The molecule has 2 amide bonds. The van der Waals surface area contributed by atoms with Crippen LogP contribution in [0.25, 0.3) is 0 Å². The molecule has 0 saturated heterocycles. The van der Waals surface area contributed by atoms with E-state index >= 15 is 0 Å². The summed E-state index contributed by atoms with van der Waals surface area (Å²) in [7, 11) is 1.52. The summed E-state index contributed by atoms with van der Waals surface area (Å²) in [6.45, 7) is 5.27. The molecule has 5 nitrogen and oxygen atoms in total. The first-order valence-corrected chi connectivity index (χ1v) is 8.65. The van der Waals surface area contributed by atoms with Crippen molar-refractivity contribution < 1.29 is 14.3 Å². The third-order valence-corrected chi connectivity index (χ3v) is 4.41. The van der Waals surface area contributed by atoms with Crippen LogP contribution in [0.1, 0.15) is 36.1 Å². The standard InChI is InChI=1S/C20H23ClN2O3/c1-12-5-7-15(8-6-12)17(22-14(3)24)11-20(25)23-18-9-13(2)16(21)10-19(18)26-4/h5-10,17H,11H2,1-4H3,(H,22,24)(H,23,25). The molecule has 2 aromatic rings. The second kappa shape index (κ2) is 8.72. The molecule has 0 fully saturated rings. The molecule has 0 aliphatic carbocycles. The summed E-state index contributed by atoms with van der Waals surface area (Å²) >= 11 is 6.10. The predicted octanol–water partition coefficient (Wildman–Crippen LogP) is 4.17. The van der Waals surface area contributed by atoms with Gasteiger partial charge in [0.05, 0.1) is 25.3 Å². The molecule has 2 aromatic carbocycles. The van der Waals surface area contributed by atoms with Gasteiger partial charge in [0.25, 0.3) is 0 Å². The van der Waals surface area contributed by atoms with Gasteiger partial charge in [0.1, 0.15) is 5.75 Å². The molecule has 138 valence electrons. The Morgan fingerprint density at radius 3 is 2.38 bits per heavy atom. The smallest absolute Gasteiger partial charge is 0.226 e. The van der Waals surface area contributed by atoms with Gasteiger partial charge in [-0.15, -0.1) is 0 Å². The number of halogens is 1. The summed E-state index contributed by atoms with van der Waals surface area (Å²) in [5.41, 5.74) is 3.37. The third kappa shape index (κ3) is 5.23. The van der Waals surface area contributed by atoms with Crippen LogP contribution in [0.2, 0.25) is 5.02 Å². The molecule has 1 atom stereocenters. The maximum Gasteiger partial charge on any atom is 0.226 e. The van der Waals surface area contributed by atoms with E-state index in [0.29, 0.717) is 16.5 Å². The zero-order valence-electron chi connectivity index (χ0n) is 15.4. The van der Waals surface area contributed by atoms with E-state index in [2.05, 4.69) is 10.6 Å². The Morgan fingerprint density at radius 2 is 1.81 bits per heavy atom. The fourth-order valence-corrected chi connectivity index (χ4v) is 2.77. The number of aryl methyl sites for hydroxylation is 2. The highest BCUT2D eigenvalue weighted by molar-refractivity contribution is 6.31. The molecule has 0 radical (unpaired) electrons. The SMILES string of the molecule is COc1cc(Cl)c(C)cc1NC(=O)CC(NC(C)=O)c1ccc(C)cc1. The molecule has 0 bridgehead atoms. The van der Waals surface area contributed by atoms with Crippen molar-refractivity contribution >= 4 is 29.1 Å². The van der Waals surface area contributed by atoms with Crippen molar-refractivity contribution in [1.29, 1.82) is 0 Å². The zero-order valence-corrected chi connectivity index (χ0v) is 16.1. The molecule has 1 unspecified atom stereocenters. The zero-order chi connectivity index (χ0) is 19.3. The van der Waals surface area contributed by atoms with Crippen molar-refractivity contribution in [2.75, 3.05) is 12.4 Å². The summed E-state index contributed by atoms with van der Waals surface area (Å²) in [6, 6.07) is 10.7. The summed E-state index contributed by atoms with van der Waals surface area (Å²) in [6.07, 6.45) is 0.105. The van der Waals surface area contributed by atoms with E-state index in [0.717, 1.165) is 16.7 Å². The van der Waals surface area contributed by atoms with E-state index in [9.17, 15) is 9.59 Å². The molecular weight excluding hydrogens is 352 g/mol. The Hall–Kier alpha value is -2.53. The monoisotopic (exact) mass is 374 g/mol. The number of ether oxygens (including phenoxy) is 1. The Labute approximate surface area is 158 Å². The van der Waals surface area contributed by atoms with Crippen LogP contribution in [-0.2, 0) is 9.59 Å². The Balaban J connectivity index is 2.18. The van der Waals surface area contributed by atoms with Crippen LogP contribution in [0.4, 0.5) is 5.69 Å². The predicted molar refractivity (Wildman–Crippen MR) is 104 cm³/mol. The topological polar surface area (TPSA) is 67.4 Å². The summed E-state index contributed by atoms with van der Waals surface area (Å²) in [5, 5.41) is 6.24. The number of anilines is 1. The lowest BCUT2D eigenvalue weighted by Gasteiger charge is -2.19. The highest BCUT2D eigenvalue weighted by Gasteiger charge is 2.18. The number of benzene rings is 2. The molecule has 0 aliphatic heterocycles. The molecule has 0 heterocycles. The minimum Gasteiger partial charge on any atom is -0.495 e. The molecule has 0 aliphatic rings. The van der Waals surface area contributed by atoms with Crippen molar-refractivity contribution in [3.8, 4) is 5.75 Å². The normalized spacial score (nSPS) is 11.6. The molecule has 26 heavy (non-hydrogen) atoms. The van der Waals surface area contributed by atoms with Crippen molar-refractivity contribution in [1.82, 2.24) is 5.32 Å². The van der Waals surface area contributed by atoms with Crippen LogP contribution >= 0.6 is 11.6 Å². The van der Waals surface area contributed by atoms with Gasteiger partial charge < -0.3 is 15.4 Å². The van der Waals surface area contributed by atoms with Crippen LogP contribution < -0.4 is 15.4 Å². The second-order valence-electron chi connectivity index (χ2n) is 6.22. The van der Waals surface area contributed by atoms with Gasteiger partial charge in [-0.05, 0) is 31.0 Å². The molecule has 2 N–H and O–H groups in total. The quantitative estimate of drug-likeness (QED) is 0.797. The molecule has 2 rings (SSSR count). The lowest BCUT2D eigenvalue weighted by atomic mass is 10.0. The first-order valence-electron chi connectivity index (χ1n) is 8.27. The Bertz CT molecular complexity index is 803. The van der Waals surface area contributed by atoms with Crippen molar-refractivity contribution in [2.45, 2.75) is 33.2 Å². The van der Waals surface area contributed by atoms with Gasteiger partial charge in [-0.3, -0.25) is 9.59 Å². The number of amides is 2. The second-order valence-corrected chi connectivity index (χ2v) is 6.62. The first-order chi connectivity index (χ1) is 12.3. The van der Waals surface area contributed by atoms with Gasteiger partial charge in [-0.2, -0.15) is 0 Å². The first kappa shape index (κ1) is 19.8. The number of rotatable bonds is 6. The van der Waals surface area contributed by atoms with Crippen molar-refractivity contribution in [2.24, 2.45) is 0 Å². The minimum absolute atomic E-state index is 0.105. The number of methoxy groups -OCH3 is 1. The van der Waals surface area contributed by atoms with Gasteiger partial charge in [-0.1, -0.05) is 41.4 Å². The molecule has 6 heteroatoms. The van der Waals surface area contributed by atoms with Gasteiger partial charge in [0.2, 0.25) is 11.8 Å². The largest absolute Gasteiger partial charge is 0.495 e. The lowest BCUT2D eigenvalue weighted by Crippen LogP contribution is -2.29. The van der Waals surface area contributed by atoms with Crippen LogP contribution in [0, 0.1) is 13.8 Å². The number of hydrogen-bond donors (Lipinski definition) is 2. The van der Waals surface area contributed by atoms with E-state index in [1.165, 1.54) is 14.0 Å². The lowest BCUT2D eigenvalue weighted by molar-refractivity contribution is -0.120. The van der Waals surface area contributed by atoms with Crippen LogP contribution in [0.5, 0.6) is 5.75 Å². The summed E-state index contributed by atoms with van der Waals surface area (Å²) < 4.78 is 5.28. The fraction of sp³-hybridized carbons (Fsp3) is 0.300. The van der Waals surface area contributed by atoms with E-state index in [1.807, 2.05) is 38.1 Å². The number of carbonyl (C=O) groups excluding carboxylic acids is 2. The number of nitrogens with one attached hydrogen (secondary N) is 2. The van der Waals surface area contributed by atoms with Crippen LogP contribution in [0.3, 0.4) is 0 Å². The van der Waals surface area contributed by atoms with E-state index < -0.39 is 6.04 Å². The average Bonchev–Trinajstić information content (AvgIpc) is 2.57. The summed E-state index contributed by atoms with van der Waals surface area (Å²) in [4.78, 5) is 24.1. The van der Waals surface area contributed by atoms with Gasteiger partial charge in [-0.25, -0.2) is 0 Å². The van der Waals surface area contributed by atoms with Crippen LogP contribution in [0.15, 0.2) is 36.4 Å². The van der Waals surface area contributed by atoms with E-state index in [4.69, 9.17) is 16.3 Å². The molecular formula is C20H23ClN2O3. The van der Waals surface area contributed by atoms with Gasteiger partial charge in [0, 0.05) is 18.0 Å². The highest BCUT2D eigenvalue weighted by atomic mass is 35.5. The van der Waals surface area contributed by atoms with Crippen LogP contribution in [-0.4, -0.2) is 18.9 Å². The fourth-order valence-electron chi connectivity index (χ4n) is 2.61. The Morgan fingerprint density at radius 1 is 1.15 bits per heavy atom. The van der Waals surface area contributed by atoms with Crippen molar-refractivity contribution in [3.63, 3.8) is 0 Å². The number of hydrogen-bond acceptors (Lipinski definition) is 3. The van der Waals surface area contributed by atoms with E-state index in [-0.39, 0.29) is 18.2 Å². The van der Waals surface area contributed by atoms with E-state index in [1.54, 1.807) is 12.1 Å². The Kier molecular flexibility index (Phi) is 6.64. The molecule has 0 spiro atoms.